The number of ether oxygens (including phenoxy) is 1. The maximum absolute atomic E-state index is 12.4. The van der Waals surface area contributed by atoms with Crippen LogP contribution in [0.3, 0.4) is 0 Å². The van der Waals surface area contributed by atoms with Gasteiger partial charge in [-0.15, -0.1) is 0 Å². The predicted octanol–water partition coefficient (Wildman–Crippen LogP) is 3.10. The maximum Gasteiger partial charge on any atom is 0.407 e. The lowest BCUT2D eigenvalue weighted by molar-refractivity contribution is -0.00763. The van der Waals surface area contributed by atoms with Crippen LogP contribution < -0.4 is 5.32 Å². The van der Waals surface area contributed by atoms with Crippen LogP contribution in [0.25, 0.3) is 11.1 Å². The zero-order chi connectivity index (χ0) is 19.1. The van der Waals surface area contributed by atoms with Crippen molar-refractivity contribution in [3.63, 3.8) is 0 Å². The molecule has 3 aromatic rings. The summed E-state index contributed by atoms with van der Waals surface area (Å²) in [4.78, 5) is 12.4. The van der Waals surface area contributed by atoms with Gasteiger partial charge in [-0.2, -0.15) is 5.10 Å². The summed E-state index contributed by atoms with van der Waals surface area (Å²) < 4.78 is 7.27. The quantitative estimate of drug-likeness (QED) is 0.735. The van der Waals surface area contributed by atoms with Crippen molar-refractivity contribution >= 4 is 6.09 Å². The average molecular weight is 375 g/mol. The number of fused-ring (bicyclic) bond motifs is 3. The van der Waals surface area contributed by atoms with Gasteiger partial charge in [-0.05, 0) is 34.7 Å². The van der Waals surface area contributed by atoms with E-state index in [1.807, 2.05) is 24.3 Å². The molecule has 1 amide bonds. The predicted molar refractivity (Wildman–Crippen MR) is 104 cm³/mol. The molecule has 3 atom stereocenters. The lowest BCUT2D eigenvalue weighted by atomic mass is 9.83. The Kier molecular flexibility index (Phi) is 4.13. The van der Waals surface area contributed by atoms with Gasteiger partial charge in [-0.3, -0.25) is 4.68 Å². The summed E-state index contributed by atoms with van der Waals surface area (Å²) in [7, 11) is 0. The highest BCUT2D eigenvalue weighted by Crippen LogP contribution is 2.44. The standard InChI is InChI=1S/C22H21N3O3/c26-20-12-19(21(20)25-11-5-10-23-25)24-22(27)28-13-18-16-8-3-1-6-14(16)15-7-2-4-9-17(15)18/h1-11,18-21,26H,12-13H2,(H,24,27). The lowest BCUT2D eigenvalue weighted by Crippen LogP contribution is -2.56. The first-order chi connectivity index (χ1) is 13.7. The summed E-state index contributed by atoms with van der Waals surface area (Å²) in [5.41, 5.74) is 4.77. The zero-order valence-electron chi connectivity index (χ0n) is 15.2. The topological polar surface area (TPSA) is 76.4 Å². The Morgan fingerprint density at radius 2 is 1.79 bits per heavy atom. The third-order valence-electron chi connectivity index (χ3n) is 5.78. The SMILES string of the molecule is O=C(NC1CC(O)C1n1cccn1)OCC1c2ccccc2-c2ccccc21. The Morgan fingerprint density at radius 3 is 2.39 bits per heavy atom. The highest BCUT2D eigenvalue weighted by atomic mass is 16.5. The molecule has 1 aromatic heterocycles. The van der Waals surface area contributed by atoms with E-state index in [0.29, 0.717) is 6.42 Å². The van der Waals surface area contributed by atoms with Gasteiger partial charge in [-0.25, -0.2) is 4.79 Å². The molecule has 0 radical (unpaired) electrons. The maximum atomic E-state index is 12.4. The van der Waals surface area contributed by atoms with Gasteiger partial charge in [0, 0.05) is 18.3 Å². The minimum Gasteiger partial charge on any atom is -0.449 e. The number of aromatic nitrogens is 2. The number of carbonyl (C=O) groups excluding carboxylic acids is 1. The van der Waals surface area contributed by atoms with Crippen LogP contribution in [0.2, 0.25) is 0 Å². The second-order valence-corrected chi connectivity index (χ2v) is 7.36. The van der Waals surface area contributed by atoms with E-state index in [1.165, 1.54) is 22.3 Å². The smallest absolute Gasteiger partial charge is 0.407 e. The van der Waals surface area contributed by atoms with Crippen molar-refractivity contribution < 1.29 is 14.6 Å². The van der Waals surface area contributed by atoms with Gasteiger partial charge in [0.1, 0.15) is 6.61 Å². The van der Waals surface area contributed by atoms with Crippen LogP contribution in [-0.4, -0.2) is 39.7 Å². The van der Waals surface area contributed by atoms with Crippen LogP contribution in [0, 0.1) is 0 Å². The zero-order valence-corrected chi connectivity index (χ0v) is 15.2. The minimum absolute atomic E-state index is 0.0343. The molecule has 28 heavy (non-hydrogen) atoms. The Balaban J connectivity index is 1.26. The monoisotopic (exact) mass is 375 g/mol. The first-order valence-electron chi connectivity index (χ1n) is 9.51. The molecule has 2 aromatic carbocycles. The summed E-state index contributed by atoms with van der Waals surface area (Å²) in [6.07, 6.45) is 2.97. The number of nitrogens with one attached hydrogen (secondary N) is 1. The Bertz CT molecular complexity index is 956. The molecule has 1 heterocycles. The van der Waals surface area contributed by atoms with Gasteiger partial charge in [0.2, 0.25) is 0 Å². The van der Waals surface area contributed by atoms with Crippen molar-refractivity contribution in [2.45, 2.75) is 30.5 Å². The first-order valence-corrected chi connectivity index (χ1v) is 9.51. The van der Waals surface area contributed by atoms with Crippen LogP contribution in [0.15, 0.2) is 67.0 Å². The molecule has 2 aliphatic carbocycles. The summed E-state index contributed by atoms with van der Waals surface area (Å²) in [6.45, 7) is 0.279. The number of amides is 1. The van der Waals surface area contributed by atoms with Crippen molar-refractivity contribution in [2.75, 3.05) is 6.61 Å². The van der Waals surface area contributed by atoms with Crippen molar-refractivity contribution in [1.82, 2.24) is 15.1 Å². The fraction of sp³-hybridized carbons (Fsp3) is 0.273. The number of alkyl carbamates (subject to hydrolysis) is 1. The fourth-order valence-electron chi connectivity index (χ4n) is 4.36. The van der Waals surface area contributed by atoms with Crippen LogP contribution >= 0.6 is 0 Å². The molecule has 2 aliphatic rings. The number of carbonyl (C=O) groups is 1. The molecule has 142 valence electrons. The number of aliphatic hydroxyl groups excluding tert-OH is 1. The van der Waals surface area contributed by atoms with Crippen molar-refractivity contribution in [3.8, 4) is 11.1 Å². The van der Waals surface area contributed by atoms with Crippen molar-refractivity contribution in [3.05, 3.63) is 78.1 Å². The van der Waals surface area contributed by atoms with E-state index in [2.05, 4.69) is 34.7 Å². The number of nitrogens with zero attached hydrogens (tertiary/aromatic N) is 2. The lowest BCUT2D eigenvalue weighted by Gasteiger charge is -2.41. The third-order valence-corrected chi connectivity index (χ3v) is 5.78. The van der Waals surface area contributed by atoms with Gasteiger partial charge in [0.15, 0.2) is 0 Å². The van der Waals surface area contributed by atoms with E-state index >= 15 is 0 Å². The van der Waals surface area contributed by atoms with Gasteiger partial charge >= 0.3 is 6.09 Å². The number of rotatable bonds is 4. The molecule has 2 N–H and O–H groups in total. The normalized spacial score (nSPS) is 22.8. The fourth-order valence-corrected chi connectivity index (χ4v) is 4.36. The highest BCUT2D eigenvalue weighted by Gasteiger charge is 2.43. The van der Waals surface area contributed by atoms with Crippen LogP contribution in [0.4, 0.5) is 4.79 Å². The summed E-state index contributed by atoms with van der Waals surface area (Å²) in [5, 5.41) is 17.1. The van der Waals surface area contributed by atoms with Gasteiger partial charge in [-0.1, -0.05) is 48.5 Å². The Labute approximate surface area is 162 Å². The molecular weight excluding hydrogens is 354 g/mol. The molecule has 5 rings (SSSR count). The Hall–Kier alpha value is -3.12. The highest BCUT2D eigenvalue weighted by molar-refractivity contribution is 5.79. The molecule has 6 heteroatoms. The van der Waals surface area contributed by atoms with Crippen LogP contribution in [0.5, 0.6) is 0 Å². The molecule has 1 saturated carbocycles. The number of aliphatic hydroxyl groups is 1. The third kappa shape index (κ3) is 2.77. The van der Waals surface area contributed by atoms with Crippen LogP contribution in [0.1, 0.15) is 29.5 Å². The van der Waals surface area contributed by atoms with E-state index in [1.54, 1.807) is 23.1 Å². The molecule has 0 spiro atoms. The molecule has 3 unspecified atom stereocenters. The average Bonchev–Trinajstić information content (AvgIpc) is 3.32. The molecule has 1 fully saturated rings. The van der Waals surface area contributed by atoms with E-state index in [4.69, 9.17) is 4.74 Å². The molecular formula is C22H21N3O3. The number of hydrogen-bond acceptors (Lipinski definition) is 4. The second-order valence-electron chi connectivity index (χ2n) is 7.36. The summed E-state index contributed by atoms with van der Waals surface area (Å²) in [6, 6.07) is 17.9. The van der Waals surface area contributed by atoms with Crippen molar-refractivity contribution in [1.29, 1.82) is 0 Å². The summed E-state index contributed by atoms with van der Waals surface area (Å²) in [5.74, 6) is 0.0343. The summed E-state index contributed by atoms with van der Waals surface area (Å²) >= 11 is 0. The van der Waals surface area contributed by atoms with E-state index in [-0.39, 0.29) is 24.6 Å². The van der Waals surface area contributed by atoms with E-state index < -0.39 is 12.2 Å². The van der Waals surface area contributed by atoms with Crippen LogP contribution in [-0.2, 0) is 4.74 Å². The van der Waals surface area contributed by atoms with Gasteiger partial charge in [0.05, 0.1) is 18.2 Å². The van der Waals surface area contributed by atoms with Crippen molar-refractivity contribution in [2.24, 2.45) is 0 Å². The van der Waals surface area contributed by atoms with E-state index in [0.717, 1.165) is 0 Å². The van der Waals surface area contributed by atoms with Gasteiger partial charge in [0.25, 0.3) is 0 Å². The molecule has 0 saturated heterocycles. The minimum atomic E-state index is -0.515. The number of hydrogen-bond donors (Lipinski definition) is 2. The first kappa shape index (κ1) is 17.0. The molecule has 0 bridgehead atoms. The van der Waals surface area contributed by atoms with Gasteiger partial charge < -0.3 is 15.2 Å². The Morgan fingerprint density at radius 1 is 1.11 bits per heavy atom. The largest absolute Gasteiger partial charge is 0.449 e. The second kappa shape index (κ2) is 6.80. The molecule has 0 aliphatic heterocycles. The number of benzene rings is 2. The molecule has 6 nitrogen and oxygen atoms in total. The van der Waals surface area contributed by atoms with E-state index in [9.17, 15) is 9.90 Å².